The van der Waals surface area contributed by atoms with Crippen molar-refractivity contribution in [1.29, 1.82) is 0 Å². The fourth-order valence-electron chi connectivity index (χ4n) is 1.99. The van der Waals surface area contributed by atoms with Gasteiger partial charge < -0.3 is 0 Å². The SMILES string of the molecule is Clc1cc2cc3ccccc3cc2c(Cl)c1Cl. The topological polar surface area (TPSA) is 0 Å². The van der Waals surface area contributed by atoms with Crippen LogP contribution < -0.4 is 0 Å². The van der Waals surface area contributed by atoms with E-state index >= 15 is 0 Å². The fraction of sp³-hybridized carbons (Fsp3) is 0. The Morgan fingerprint density at radius 3 is 2.00 bits per heavy atom. The van der Waals surface area contributed by atoms with E-state index in [2.05, 4.69) is 12.1 Å². The summed E-state index contributed by atoms with van der Waals surface area (Å²) in [6, 6.07) is 14.1. The summed E-state index contributed by atoms with van der Waals surface area (Å²) in [7, 11) is 0. The first-order chi connectivity index (χ1) is 8.16. The molecular weight excluding hydrogens is 275 g/mol. The molecule has 0 spiro atoms. The monoisotopic (exact) mass is 280 g/mol. The van der Waals surface area contributed by atoms with Gasteiger partial charge in [-0.2, -0.15) is 0 Å². The number of halogens is 3. The van der Waals surface area contributed by atoms with Crippen LogP contribution in [0.4, 0.5) is 0 Å². The highest BCUT2D eigenvalue weighted by Gasteiger charge is 2.09. The Hall–Kier alpha value is -0.950. The van der Waals surface area contributed by atoms with E-state index in [0.717, 1.165) is 21.5 Å². The fourth-order valence-corrected chi connectivity index (χ4v) is 2.67. The van der Waals surface area contributed by atoms with Crippen LogP contribution in [0.1, 0.15) is 0 Å². The van der Waals surface area contributed by atoms with Crippen LogP contribution in [0.15, 0.2) is 42.5 Å². The zero-order valence-corrected chi connectivity index (χ0v) is 10.9. The minimum atomic E-state index is 0.413. The average Bonchev–Trinajstić information content (AvgIpc) is 2.34. The van der Waals surface area contributed by atoms with E-state index in [1.807, 2.05) is 30.3 Å². The van der Waals surface area contributed by atoms with Crippen molar-refractivity contribution < 1.29 is 0 Å². The van der Waals surface area contributed by atoms with Gasteiger partial charge in [-0.1, -0.05) is 59.1 Å². The van der Waals surface area contributed by atoms with Gasteiger partial charge in [-0.05, 0) is 34.4 Å². The van der Waals surface area contributed by atoms with Crippen LogP contribution in [0.2, 0.25) is 15.1 Å². The highest BCUT2D eigenvalue weighted by molar-refractivity contribution is 6.50. The van der Waals surface area contributed by atoms with Gasteiger partial charge in [-0.25, -0.2) is 0 Å². The molecule has 84 valence electrons. The van der Waals surface area contributed by atoms with Crippen molar-refractivity contribution >= 4 is 56.3 Å². The Labute approximate surface area is 114 Å². The second kappa shape index (κ2) is 4.06. The molecule has 0 radical (unpaired) electrons. The molecule has 17 heavy (non-hydrogen) atoms. The standard InChI is InChI=1S/C14H7Cl3/c15-12-7-10-5-8-3-1-2-4-9(8)6-11(10)13(16)14(12)17/h1-7H. The van der Waals surface area contributed by atoms with Crippen LogP contribution in [0.25, 0.3) is 21.5 Å². The number of fused-ring (bicyclic) bond motifs is 2. The Kier molecular flexibility index (Phi) is 2.67. The lowest BCUT2D eigenvalue weighted by Crippen LogP contribution is -1.80. The summed E-state index contributed by atoms with van der Waals surface area (Å²) < 4.78 is 0. The third kappa shape index (κ3) is 1.77. The maximum absolute atomic E-state index is 6.22. The molecule has 0 nitrogen and oxygen atoms in total. The lowest BCUT2D eigenvalue weighted by atomic mass is 10.0. The third-order valence-corrected chi connectivity index (χ3v) is 4.12. The van der Waals surface area contributed by atoms with Crippen LogP contribution in [-0.2, 0) is 0 Å². The predicted molar refractivity (Wildman–Crippen MR) is 76.5 cm³/mol. The first-order valence-electron chi connectivity index (χ1n) is 5.13. The molecule has 0 saturated heterocycles. The van der Waals surface area contributed by atoms with E-state index in [-0.39, 0.29) is 0 Å². The molecule has 3 heteroatoms. The predicted octanol–water partition coefficient (Wildman–Crippen LogP) is 5.95. The number of benzene rings is 3. The van der Waals surface area contributed by atoms with Crippen LogP contribution in [0.3, 0.4) is 0 Å². The largest absolute Gasteiger partial charge is 0.0826 e. The zero-order chi connectivity index (χ0) is 12.0. The van der Waals surface area contributed by atoms with E-state index in [4.69, 9.17) is 34.8 Å². The number of rotatable bonds is 0. The van der Waals surface area contributed by atoms with Gasteiger partial charge in [0.2, 0.25) is 0 Å². The molecular formula is C14H7Cl3. The first kappa shape index (κ1) is 11.2. The van der Waals surface area contributed by atoms with E-state index in [0.29, 0.717) is 15.1 Å². The van der Waals surface area contributed by atoms with E-state index < -0.39 is 0 Å². The van der Waals surface area contributed by atoms with E-state index in [1.54, 1.807) is 0 Å². The summed E-state index contributed by atoms with van der Waals surface area (Å²) >= 11 is 18.3. The van der Waals surface area contributed by atoms with E-state index in [9.17, 15) is 0 Å². The van der Waals surface area contributed by atoms with Crippen molar-refractivity contribution in [3.05, 3.63) is 57.5 Å². The van der Waals surface area contributed by atoms with Crippen molar-refractivity contribution in [2.45, 2.75) is 0 Å². The molecule has 3 rings (SSSR count). The van der Waals surface area contributed by atoms with E-state index in [1.165, 1.54) is 0 Å². The first-order valence-corrected chi connectivity index (χ1v) is 6.26. The lowest BCUT2D eigenvalue weighted by molar-refractivity contribution is 1.76. The average molecular weight is 282 g/mol. The summed E-state index contributed by atoms with van der Waals surface area (Å²) in [4.78, 5) is 0. The molecule has 0 aliphatic carbocycles. The normalized spacial score (nSPS) is 11.2. The molecule has 0 amide bonds. The maximum Gasteiger partial charge on any atom is 0.0785 e. The van der Waals surface area contributed by atoms with Gasteiger partial charge in [0.1, 0.15) is 0 Å². The molecule has 0 unspecified atom stereocenters. The summed E-state index contributed by atoms with van der Waals surface area (Å²) in [5, 5.41) is 5.65. The summed E-state index contributed by atoms with van der Waals surface area (Å²) in [5.74, 6) is 0. The zero-order valence-electron chi connectivity index (χ0n) is 8.68. The van der Waals surface area contributed by atoms with Crippen LogP contribution >= 0.6 is 34.8 Å². The van der Waals surface area contributed by atoms with Gasteiger partial charge in [0, 0.05) is 5.39 Å². The van der Waals surface area contributed by atoms with Gasteiger partial charge in [0.25, 0.3) is 0 Å². The van der Waals surface area contributed by atoms with Gasteiger partial charge in [-0.3, -0.25) is 0 Å². The van der Waals surface area contributed by atoms with Crippen molar-refractivity contribution in [2.24, 2.45) is 0 Å². The quantitative estimate of drug-likeness (QED) is 0.352. The molecule has 0 bridgehead atoms. The van der Waals surface area contributed by atoms with Crippen molar-refractivity contribution in [3.63, 3.8) is 0 Å². The molecule has 3 aromatic rings. The summed E-state index contributed by atoms with van der Waals surface area (Å²) in [6.45, 7) is 0. The molecule has 0 aliphatic rings. The van der Waals surface area contributed by atoms with Crippen molar-refractivity contribution in [1.82, 2.24) is 0 Å². The molecule has 3 aromatic carbocycles. The van der Waals surface area contributed by atoms with Crippen LogP contribution in [0, 0.1) is 0 Å². The lowest BCUT2D eigenvalue weighted by Gasteiger charge is -2.07. The highest BCUT2D eigenvalue weighted by atomic mass is 35.5. The van der Waals surface area contributed by atoms with Gasteiger partial charge in [0.15, 0.2) is 0 Å². The van der Waals surface area contributed by atoms with Crippen molar-refractivity contribution in [3.8, 4) is 0 Å². The molecule has 0 fully saturated rings. The minimum Gasteiger partial charge on any atom is -0.0826 e. The third-order valence-electron chi connectivity index (χ3n) is 2.84. The Morgan fingerprint density at radius 1 is 0.647 bits per heavy atom. The summed E-state index contributed by atoms with van der Waals surface area (Å²) in [6.07, 6.45) is 0. The Balaban J connectivity index is 2.52. The highest BCUT2D eigenvalue weighted by Crippen LogP contribution is 2.38. The summed E-state index contributed by atoms with van der Waals surface area (Å²) in [5.41, 5.74) is 0. The smallest absolute Gasteiger partial charge is 0.0785 e. The number of hydrogen-bond acceptors (Lipinski definition) is 0. The molecule has 0 N–H and O–H groups in total. The maximum atomic E-state index is 6.22. The van der Waals surface area contributed by atoms with Gasteiger partial charge >= 0.3 is 0 Å². The van der Waals surface area contributed by atoms with Crippen molar-refractivity contribution in [2.75, 3.05) is 0 Å². The Bertz CT molecular complexity index is 732. The Morgan fingerprint density at radius 2 is 1.29 bits per heavy atom. The number of hydrogen-bond donors (Lipinski definition) is 0. The molecule has 0 saturated carbocycles. The van der Waals surface area contributed by atoms with Crippen LogP contribution in [-0.4, -0.2) is 0 Å². The second-order valence-corrected chi connectivity index (χ2v) is 5.07. The molecule has 0 atom stereocenters. The molecule has 0 aliphatic heterocycles. The second-order valence-electron chi connectivity index (χ2n) is 3.91. The van der Waals surface area contributed by atoms with Crippen LogP contribution in [0.5, 0.6) is 0 Å². The van der Waals surface area contributed by atoms with Gasteiger partial charge in [-0.15, -0.1) is 0 Å². The molecule has 0 aromatic heterocycles. The van der Waals surface area contributed by atoms with Gasteiger partial charge in [0.05, 0.1) is 15.1 Å². The molecule has 0 heterocycles. The minimum absolute atomic E-state index is 0.413.